The van der Waals surface area contributed by atoms with Crippen molar-refractivity contribution in [2.24, 2.45) is 5.92 Å². The summed E-state index contributed by atoms with van der Waals surface area (Å²) in [5.74, 6) is -0.0382. The predicted octanol–water partition coefficient (Wildman–Crippen LogP) is 16.3. The molecule has 0 aromatic heterocycles. The Bertz CT molecular complexity index is 857. The molecular formula is C51H98O6. The van der Waals surface area contributed by atoms with Gasteiger partial charge in [0.2, 0.25) is 0 Å². The summed E-state index contributed by atoms with van der Waals surface area (Å²) in [6.45, 7) is 8.97. The number of esters is 3. The fraction of sp³-hybridized carbons (Fsp3) is 0.941. The minimum atomic E-state index is -0.759. The molecule has 338 valence electrons. The molecule has 0 radical (unpaired) electrons. The summed E-state index contributed by atoms with van der Waals surface area (Å²) in [5.41, 5.74) is 0. The third-order valence-electron chi connectivity index (χ3n) is 11.5. The van der Waals surface area contributed by atoms with Gasteiger partial charge in [-0.05, 0) is 25.2 Å². The molecular weight excluding hydrogens is 709 g/mol. The first-order valence-corrected chi connectivity index (χ1v) is 25.4. The second kappa shape index (κ2) is 45.5. The summed E-state index contributed by atoms with van der Waals surface area (Å²) in [6.07, 6.45) is 46.8. The van der Waals surface area contributed by atoms with Gasteiger partial charge in [-0.25, -0.2) is 0 Å². The molecule has 0 unspecified atom stereocenters. The van der Waals surface area contributed by atoms with Gasteiger partial charge in [0.1, 0.15) is 13.2 Å². The summed E-state index contributed by atoms with van der Waals surface area (Å²) in [5, 5.41) is 0. The Morgan fingerprint density at radius 2 is 0.579 bits per heavy atom. The molecule has 0 N–H and O–H groups in total. The minimum absolute atomic E-state index is 0.0636. The predicted molar refractivity (Wildman–Crippen MR) is 243 cm³/mol. The zero-order valence-electron chi connectivity index (χ0n) is 38.8. The van der Waals surface area contributed by atoms with Crippen molar-refractivity contribution >= 4 is 17.9 Å². The van der Waals surface area contributed by atoms with Crippen LogP contribution in [0.4, 0.5) is 0 Å². The van der Waals surface area contributed by atoms with Crippen molar-refractivity contribution in [2.75, 3.05) is 13.2 Å². The van der Waals surface area contributed by atoms with Gasteiger partial charge in [0.15, 0.2) is 6.10 Å². The van der Waals surface area contributed by atoms with E-state index in [9.17, 15) is 14.4 Å². The van der Waals surface area contributed by atoms with Crippen LogP contribution in [0.15, 0.2) is 0 Å². The van der Waals surface area contributed by atoms with Crippen LogP contribution >= 0.6 is 0 Å². The lowest BCUT2D eigenvalue weighted by Crippen LogP contribution is -2.30. The monoisotopic (exact) mass is 807 g/mol. The largest absolute Gasteiger partial charge is 0.462 e. The van der Waals surface area contributed by atoms with Gasteiger partial charge >= 0.3 is 17.9 Å². The van der Waals surface area contributed by atoms with Gasteiger partial charge in [0, 0.05) is 19.3 Å². The van der Waals surface area contributed by atoms with E-state index in [-0.39, 0.29) is 31.1 Å². The first-order valence-electron chi connectivity index (χ1n) is 25.4. The molecule has 0 fully saturated rings. The topological polar surface area (TPSA) is 78.9 Å². The van der Waals surface area contributed by atoms with Crippen molar-refractivity contribution in [1.29, 1.82) is 0 Å². The zero-order chi connectivity index (χ0) is 41.7. The smallest absolute Gasteiger partial charge is 0.306 e. The molecule has 0 saturated heterocycles. The van der Waals surface area contributed by atoms with Crippen LogP contribution < -0.4 is 0 Å². The second-order valence-electron chi connectivity index (χ2n) is 17.9. The van der Waals surface area contributed by atoms with Crippen molar-refractivity contribution in [3.8, 4) is 0 Å². The summed E-state index contributed by atoms with van der Waals surface area (Å²) in [7, 11) is 0. The molecule has 1 atom stereocenters. The molecule has 0 rings (SSSR count). The Kier molecular flexibility index (Phi) is 44.2. The lowest BCUT2D eigenvalue weighted by molar-refractivity contribution is -0.167. The van der Waals surface area contributed by atoms with E-state index in [2.05, 4.69) is 27.7 Å². The number of hydrogen-bond acceptors (Lipinski definition) is 6. The third kappa shape index (κ3) is 45.3. The molecule has 0 aromatic rings. The van der Waals surface area contributed by atoms with Crippen LogP contribution in [0.3, 0.4) is 0 Å². The van der Waals surface area contributed by atoms with Gasteiger partial charge in [-0.3, -0.25) is 14.4 Å². The van der Waals surface area contributed by atoms with Gasteiger partial charge in [-0.1, -0.05) is 246 Å². The van der Waals surface area contributed by atoms with Crippen LogP contribution in [0.1, 0.15) is 285 Å². The Morgan fingerprint density at radius 3 is 0.860 bits per heavy atom. The number of rotatable bonds is 46. The molecule has 0 aliphatic rings. The molecule has 0 spiro atoms. The normalized spacial score (nSPS) is 11.9. The average molecular weight is 807 g/mol. The molecule has 0 aliphatic carbocycles. The standard InChI is InChI=1S/C51H98O6/c1-5-7-9-11-13-14-15-16-17-18-19-20-21-22-23-27-31-35-39-43-50(53)56-46-48(45-55-49(52)42-38-34-29-12-10-8-6-2)57-51(54)44-40-36-32-28-25-24-26-30-33-37-41-47(3)4/h47-48H,5-46H2,1-4H3/t48-/m1/s1. The van der Waals surface area contributed by atoms with Crippen molar-refractivity contribution in [1.82, 2.24) is 0 Å². The lowest BCUT2D eigenvalue weighted by Gasteiger charge is -2.18. The van der Waals surface area contributed by atoms with Crippen molar-refractivity contribution in [2.45, 2.75) is 291 Å². The molecule has 57 heavy (non-hydrogen) atoms. The van der Waals surface area contributed by atoms with Crippen molar-refractivity contribution in [3.05, 3.63) is 0 Å². The number of carbonyl (C=O) groups is 3. The van der Waals surface area contributed by atoms with Crippen LogP contribution in [-0.4, -0.2) is 37.2 Å². The van der Waals surface area contributed by atoms with Crippen molar-refractivity contribution < 1.29 is 28.6 Å². The van der Waals surface area contributed by atoms with Gasteiger partial charge in [-0.15, -0.1) is 0 Å². The van der Waals surface area contributed by atoms with Gasteiger partial charge in [0.25, 0.3) is 0 Å². The van der Waals surface area contributed by atoms with E-state index in [1.807, 2.05) is 0 Å². The van der Waals surface area contributed by atoms with E-state index in [1.165, 1.54) is 180 Å². The summed E-state index contributed by atoms with van der Waals surface area (Å²) in [6, 6.07) is 0. The Labute approximate surface area is 355 Å². The SMILES string of the molecule is CCCCCCCCCCCCCCCCCCCCCC(=O)OC[C@@H](COC(=O)CCCCCCCCC)OC(=O)CCCCCCCCCCCCC(C)C. The zero-order valence-corrected chi connectivity index (χ0v) is 38.8. The van der Waals surface area contributed by atoms with E-state index in [0.717, 1.165) is 63.7 Å². The Balaban J connectivity index is 4.17. The molecule has 0 aliphatic heterocycles. The molecule has 0 heterocycles. The summed E-state index contributed by atoms with van der Waals surface area (Å²) >= 11 is 0. The first-order chi connectivity index (χ1) is 27.9. The first kappa shape index (κ1) is 55.4. The molecule has 0 aromatic carbocycles. The van der Waals surface area contributed by atoms with Crippen LogP contribution in [0, 0.1) is 5.92 Å². The fourth-order valence-electron chi connectivity index (χ4n) is 7.69. The van der Waals surface area contributed by atoms with E-state index in [4.69, 9.17) is 14.2 Å². The average Bonchev–Trinajstić information content (AvgIpc) is 3.19. The molecule has 0 amide bonds. The minimum Gasteiger partial charge on any atom is -0.462 e. The van der Waals surface area contributed by atoms with Gasteiger partial charge < -0.3 is 14.2 Å². The number of hydrogen-bond donors (Lipinski definition) is 0. The van der Waals surface area contributed by atoms with Crippen LogP contribution in [-0.2, 0) is 28.6 Å². The molecule has 0 saturated carbocycles. The van der Waals surface area contributed by atoms with E-state index in [1.54, 1.807) is 0 Å². The van der Waals surface area contributed by atoms with Gasteiger partial charge in [0.05, 0.1) is 0 Å². The quantitative estimate of drug-likeness (QED) is 0.0346. The maximum Gasteiger partial charge on any atom is 0.306 e. The summed E-state index contributed by atoms with van der Waals surface area (Å²) in [4.78, 5) is 37.7. The van der Waals surface area contributed by atoms with E-state index >= 15 is 0 Å². The fourth-order valence-corrected chi connectivity index (χ4v) is 7.69. The molecule has 6 nitrogen and oxygen atoms in total. The van der Waals surface area contributed by atoms with Crippen LogP contribution in [0.25, 0.3) is 0 Å². The maximum atomic E-state index is 12.7. The maximum absolute atomic E-state index is 12.7. The highest BCUT2D eigenvalue weighted by Gasteiger charge is 2.19. The number of unbranched alkanes of at least 4 members (excludes halogenated alkanes) is 33. The third-order valence-corrected chi connectivity index (χ3v) is 11.5. The van der Waals surface area contributed by atoms with Gasteiger partial charge in [-0.2, -0.15) is 0 Å². The highest BCUT2D eigenvalue weighted by atomic mass is 16.6. The lowest BCUT2D eigenvalue weighted by atomic mass is 10.0. The van der Waals surface area contributed by atoms with Crippen LogP contribution in [0.2, 0.25) is 0 Å². The van der Waals surface area contributed by atoms with Crippen LogP contribution in [0.5, 0.6) is 0 Å². The molecule has 6 heteroatoms. The molecule has 0 bridgehead atoms. The van der Waals surface area contributed by atoms with E-state index < -0.39 is 6.10 Å². The van der Waals surface area contributed by atoms with Crippen molar-refractivity contribution in [3.63, 3.8) is 0 Å². The highest BCUT2D eigenvalue weighted by Crippen LogP contribution is 2.17. The Hall–Kier alpha value is -1.59. The summed E-state index contributed by atoms with van der Waals surface area (Å²) < 4.78 is 16.7. The number of ether oxygens (including phenoxy) is 3. The number of carbonyl (C=O) groups excluding carboxylic acids is 3. The second-order valence-corrected chi connectivity index (χ2v) is 17.9. The highest BCUT2D eigenvalue weighted by molar-refractivity contribution is 5.71. The Morgan fingerprint density at radius 1 is 0.333 bits per heavy atom. The van der Waals surface area contributed by atoms with E-state index in [0.29, 0.717) is 19.3 Å².